The highest BCUT2D eigenvalue weighted by atomic mass is 32.1. The maximum Gasteiger partial charge on any atom is 0.233 e. The molecule has 1 amide bonds. The fraction of sp³-hybridized carbons (Fsp3) is 0.333. The van der Waals surface area contributed by atoms with Gasteiger partial charge in [-0.3, -0.25) is 4.79 Å². The third kappa shape index (κ3) is 5.98. The van der Waals surface area contributed by atoms with Crippen molar-refractivity contribution >= 4 is 28.9 Å². The van der Waals surface area contributed by atoms with E-state index in [0.717, 1.165) is 23.2 Å². The van der Waals surface area contributed by atoms with E-state index in [4.69, 9.17) is 12.2 Å². The van der Waals surface area contributed by atoms with Gasteiger partial charge in [-0.25, -0.2) is 0 Å². The van der Waals surface area contributed by atoms with Crippen molar-refractivity contribution in [3.05, 3.63) is 65.2 Å². The number of rotatable bonds is 5. The monoisotopic (exact) mass is 354 g/mol. The van der Waals surface area contributed by atoms with E-state index in [2.05, 4.69) is 36.6 Å². The molecule has 0 aliphatic carbocycles. The molecule has 25 heavy (non-hydrogen) atoms. The molecule has 2 aromatic rings. The van der Waals surface area contributed by atoms with Crippen molar-refractivity contribution in [3.8, 4) is 0 Å². The zero-order valence-corrected chi connectivity index (χ0v) is 16.1. The van der Waals surface area contributed by atoms with Gasteiger partial charge < -0.3 is 10.6 Å². The predicted octanol–water partition coefficient (Wildman–Crippen LogP) is 4.81. The number of hydrogen-bond acceptors (Lipinski definition) is 2. The van der Waals surface area contributed by atoms with Gasteiger partial charge in [0, 0.05) is 5.69 Å². The van der Waals surface area contributed by atoms with Crippen molar-refractivity contribution in [2.75, 3.05) is 5.32 Å². The largest absolute Gasteiger partial charge is 0.332 e. The van der Waals surface area contributed by atoms with E-state index in [1.807, 2.05) is 50.2 Å². The van der Waals surface area contributed by atoms with Gasteiger partial charge in [-0.05, 0) is 67.2 Å². The number of thiocarbonyl (C=S) groups is 1. The van der Waals surface area contributed by atoms with Crippen LogP contribution >= 0.6 is 12.2 Å². The van der Waals surface area contributed by atoms with Crippen LogP contribution in [0.3, 0.4) is 0 Å². The molecule has 0 aliphatic heterocycles. The molecule has 0 aromatic heterocycles. The molecule has 0 fully saturated rings. The molecule has 0 saturated heterocycles. The van der Waals surface area contributed by atoms with Crippen molar-refractivity contribution in [1.29, 1.82) is 0 Å². The zero-order valence-electron chi connectivity index (χ0n) is 15.3. The first-order valence-corrected chi connectivity index (χ1v) is 9.03. The van der Waals surface area contributed by atoms with Gasteiger partial charge in [-0.15, -0.1) is 0 Å². The van der Waals surface area contributed by atoms with Crippen LogP contribution in [0.25, 0.3) is 0 Å². The van der Waals surface area contributed by atoms with Crippen molar-refractivity contribution in [2.24, 2.45) is 5.92 Å². The molecule has 0 bridgehead atoms. The Morgan fingerprint density at radius 3 is 2.36 bits per heavy atom. The van der Waals surface area contributed by atoms with Crippen LogP contribution in [-0.4, -0.2) is 11.0 Å². The quantitative estimate of drug-likeness (QED) is 0.757. The normalized spacial score (nSPS) is 11.9. The topological polar surface area (TPSA) is 41.1 Å². The van der Waals surface area contributed by atoms with Crippen LogP contribution < -0.4 is 10.6 Å². The number of carbonyl (C=O) groups is 1. The lowest BCUT2D eigenvalue weighted by atomic mass is 9.96. The second kappa shape index (κ2) is 8.77. The minimum atomic E-state index is -0.259. The Hall–Kier alpha value is -2.20. The van der Waals surface area contributed by atoms with Crippen LogP contribution in [-0.2, 0) is 11.2 Å². The second-order valence-electron chi connectivity index (χ2n) is 6.87. The Balaban J connectivity index is 1.94. The van der Waals surface area contributed by atoms with Crippen molar-refractivity contribution in [2.45, 2.75) is 40.0 Å². The Kier molecular flexibility index (Phi) is 6.71. The number of hydrogen-bond donors (Lipinski definition) is 2. The molecule has 0 spiro atoms. The van der Waals surface area contributed by atoms with Gasteiger partial charge in [0.15, 0.2) is 5.11 Å². The van der Waals surface area contributed by atoms with E-state index in [9.17, 15) is 4.79 Å². The number of anilines is 1. The fourth-order valence-corrected chi connectivity index (χ4v) is 2.89. The predicted molar refractivity (Wildman–Crippen MR) is 109 cm³/mol. The fourth-order valence-electron chi connectivity index (χ4n) is 2.67. The summed E-state index contributed by atoms with van der Waals surface area (Å²) >= 11 is 5.25. The molecule has 2 N–H and O–H groups in total. The molecular weight excluding hydrogens is 328 g/mol. The molecule has 0 aliphatic rings. The van der Waals surface area contributed by atoms with Crippen LogP contribution in [0.5, 0.6) is 0 Å². The first-order valence-electron chi connectivity index (χ1n) is 8.62. The Bertz CT molecular complexity index is 738. The highest BCUT2D eigenvalue weighted by Crippen LogP contribution is 2.18. The summed E-state index contributed by atoms with van der Waals surface area (Å²) in [5.41, 5.74) is 4.29. The summed E-state index contributed by atoms with van der Waals surface area (Å²) in [4.78, 5) is 12.4. The summed E-state index contributed by atoms with van der Waals surface area (Å²) in [6.07, 6.45) is 1.05. The number of benzene rings is 2. The molecule has 3 nitrogen and oxygen atoms in total. The molecule has 0 saturated carbocycles. The summed E-state index contributed by atoms with van der Waals surface area (Å²) in [5.74, 6) is 0.253. The van der Waals surface area contributed by atoms with Crippen LogP contribution in [0.15, 0.2) is 48.5 Å². The highest BCUT2D eigenvalue weighted by Gasteiger charge is 2.16. The molecule has 1 unspecified atom stereocenters. The van der Waals surface area contributed by atoms with Gasteiger partial charge in [0.2, 0.25) is 5.91 Å². The van der Waals surface area contributed by atoms with Gasteiger partial charge in [-0.1, -0.05) is 50.2 Å². The SMILES string of the molecule is Cc1cccc(NC(=S)NC(=O)C(C)c2ccc(CC(C)C)cc2)c1. The smallest absolute Gasteiger partial charge is 0.233 e. The van der Waals surface area contributed by atoms with Crippen LogP contribution in [0.2, 0.25) is 0 Å². The highest BCUT2D eigenvalue weighted by molar-refractivity contribution is 7.80. The lowest BCUT2D eigenvalue weighted by molar-refractivity contribution is -0.120. The minimum absolute atomic E-state index is 0.109. The van der Waals surface area contributed by atoms with E-state index in [-0.39, 0.29) is 11.8 Å². The third-order valence-electron chi connectivity index (χ3n) is 4.03. The molecule has 0 heterocycles. The Morgan fingerprint density at radius 1 is 1.08 bits per heavy atom. The summed E-state index contributed by atoms with van der Waals surface area (Å²) in [6, 6.07) is 16.1. The van der Waals surface area contributed by atoms with Crippen LogP contribution in [0, 0.1) is 12.8 Å². The first kappa shape index (κ1) is 19.1. The van der Waals surface area contributed by atoms with Gasteiger partial charge in [0.05, 0.1) is 5.92 Å². The van der Waals surface area contributed by atoms with E-state index in [0.29, 0.717) is 11.0 Å². The van der Waals surface area contributed by atoms with Crippen molar-refractivity contribution in [1.82, 2.24) is 5.32 Å². The standard InChI is InChI=1S/C21H26N2OS/c1-14(2)12-17-8-10-18(11-9-17)16(4)20(24)23-21(25)22-19-7-5-6-15(3)13-19/h5-11,13-14,16H,12H2,1-4H3,(H2,22,23,24,25). The molecule has 2 rings (SSSR count). The number of amides is 1. The average molecular weight is 355 g/mol. The zero-order chi connectivity index (χ0) is 18.4. The molecule has 4 heteroatoms. The Labute approximate surface area is 155 Å². The van der Waals surface area contributed by atoms with Crippen LogP contribution in [0.4, 0.5) is 5.69 Å². The lowest BCUT2D eigenvalue weighted by Gasteiger charge is -2.15. The third-order valence-corrected chi connectivity index (χ3v) is 4.23. The minimum Gasteiger partial charge on any atom is -0.332 e. The maximum atomic E-state index is 12.4. The van der Waals surface area contributed by atoms with Gasteiger partial charge >= 0.3 is 0 Å². The number of aryl methyl sites for hydroxylation is 1. The molecule has 1 atom stereocenters. The van der Waals surface area contributed by atoms with Gasteiger partial charge in [-0.2, -0.15) is 0 Å². The van der Waals surface area contributed by atoms with Crippen LogP contribution in [0.1, 0.15) is 43.4 Å². The van der Waals surface area contributed by atoms with Gasteiger partial charge in [0.25, 0.3) is 0 Å². The number of carbonyl (C=O) groups excluding carboxylic acids is 1. The summed E-state index contributed by atoms with van der Waals surface area (Å²) in [7, 11) is 0. The molecule has 0 radical (unpaired) electrons. The first-order chi connectivity index (χ1) is 11.8. The summed E-state index contributed by atoms with van der Waals surface area (Å²) in [5, 5.41) is 6.14. The second-order valence-corrected chi connectivity index (χ2v) is 7.28. The van der Waals surface area contributed by atoms with E-state index >= 15 is 0 Å². The number of nitrogens with one attached hydrogen (secondary N) is 2. The van der Waals surface area contributed by atoms with E-state index < -0.39 is 0 Å². The van der Waals surface area contributed by atoms with Gasteiger partial charge in [0.1, 0.15) is 0 Å². The van der Waals surface area contributed by atoms with E-state index in [1.165, 1.54) is 5.56 Å². The van der Waals surface area contributed by atoms with Crippen molar-refractivity contribution in [3.63, 3.8) is 0 Å². The lowest BCUT2D eigenvalue weighted by Crippen LogP contribution is -2.36. The average Bonchev–Trinajstić information content (AvgIpc) is 2.54. The summed E-state index contributed by atoms with van der Waals surface area (Å²) in [6.45, 7) is 8.30. The summed E-state index contributed by atoms with van der Waals surface area (Å²) < 4.78 is 0. The van der Waals surface area contributed by atoms with E-state index in [1.54, 1.807) is 0 Å². The molecule has 132 valence electrons. The van der Waals surface area contributed by atoms with Crippen molar-refractivity contribution < 1.29 is 4.79 Å². The Morgan fingerprint density at radius 2 is 1.76 bits per heavy atom. The molecule has 2 aromatic carbocycles. The molecular formula is C21H26N2OS. The maximum absolute atomic E-state index is 12.4.